The zero-order valence-corrected chi connectivity index (χ0v) is 15.4. The Hall–Kier alpha value is -2.47. The summed E-state index contributed by atoms with van der Waals surface area (Å²) < 4.78 is 2.21. The van der Waals surface area contributed by atoms with E-state index in [0.29, 0.717) is 6.54 Å². The quantitative estimate of drug-likeness (QED) is 0.707. The number of carbonyl (C=O) groups is 1. The standard InChI is InChI=1S/C19H20N4OS/c1-12-9-20-17-11-23(19(24)18-13(2)21-14(3)25-18)16(10-22(12)17)15-7-5-4-6-8-15/h4-9,16H,10-11H2,1-3H3. The minimum atomic E-state index is -0.00379. The van der Waals surface area contributed by atoms with Gasteiger partial charge in [-0.15, -0.1) is 11.3 Å². The molecule has 25 heavy (non-hydrogen) atoms. The summed E-state index contributed by atoms with van der Waals surface area (Å²) in [7, 11) is 0. The molecule has 0 fully saturated rings. The molecule has 3 aromatic rings. The van der Waals surface area contributed by atoms with Crippen molar-refractivity contribution >= 4 is 17.2 Å². The van der Waals surface area contributed by atoms with Gasteiger partial charge in [0, 0.05) is 18.4 Å². The lowest BCUT2D eigenvalue weighted by Gasteiger charge is -2.37. The molecule has 1 aliphatic heterocycles. The molecule has 1 unspecified atom stereocenters. The number of fused-ring (bicyclic) bond motifs is 1. The number of thiazole rings is 1. The summed E-state index contributed by atoms with van der Waals surface area (Å²) in [6.07, 6.45) is 1.88. The van der Waals surface area contributed by atoms with Crippen molar-refractivity contribution in [3.05, 3.63) is 69.2 Å². The third kappa shape index (κ3) is 2.76. The highest BCUT2D eigenvalue weighted by molar-refractivity contribution is 7.13. The van der Waals surface area contributed by atoms with Gasteiger partial charge in [0.1, 0.15) is 10.7 Å². The van der Waals surface area contributed by atoms with Crippen LogP contribution in [0.3, 0.4) is 0 Å². The number of rotatable bonds is 2. The van der Waals surface area contributed by atoms with Gasteiger partial charge in [0.15, 0.2) is 0 Å². The van der Waals surface area contributed by atoms with Gasteiger partial charge >= 0.3 is 0 Å². The molecular formula is C19H20N4OS. The van der Waals surface area contributed by atoms with Gasteiger partial charge in [0.2, 0.25) is 0 Å². The number of aryl methyl sites for hydroxylation is 3. The lowest BCUT2D eigenvalue weighted by molar-refractivity contribution is 0.0587. The van der Waals surface area contributed by atoms with Gasteiger partial charge in [0.05, 0.1) is 23.3 Å². The van der Waals surface area contributed by atoms with E-state index in [1.54, 1.807) is 0 Å². The number of amides is 1. The molecule has 0 N–H and O–H groups in total. The Bertz CT molecular complexity index is 928. The van der Waals surface area contributed by atoms with Gasteiger partial charge in [0.25, 0.3) is 5.91 Å². The Kier molecular flexibility index (Phi) is 3.92. The Morgan fingerprint density at radius 2 is 1.96 bits per heavy atom. The van der Waals surface area contributed by atoms with Crippen molar-refractivity contribution in [2.45, 2.75) is 39.9 Å². The summed E-state index contributed by atoms with van der Waals surface area (Å²) in [5.41, 5.74) is 3.09. The molecule has 4 rings (SSSR count). The first-order valence-corrected chi connectivity index (χ1v) is 9.17. The van der Waals surface area contributed by atoms with Crippen LogP contribution in [0, 0.1) is 20.8 Å². The van der Waals surface area contributed by atoms with Crippen molar-refractivity contribution in [1.29, 1.82) is 0 Å². The SMILES string of the molecule is Cc1nc(C)c(C(=O)N2Cc3ncc(C)n3CC2c2ccccc2)s1. The molecule has 0 radical (unpaired) electrons. The summed E-state index contributed by atoms with van der Waals surface area (Å²) in [5.74, 6) is 0.987. The van der Waals surface area contributed by atoms with Gasteiger partial charge in [-0.05, 0) is 26.3 Å². The minimum Gasteiger partial charge on any atom is -0.328 e. The maximum absolute atomic E-state index is 13.3. The smallest absolute Gasteiger partial charge is 0.266 e. The molecule has 2 aromatic heterocycles. The highest BCUT2D eigenvalue weighted by Crippen LogP contribution is 2.33. The van der Waals surface area contributed by atoms with Crippen molar-refractivity contribution in [2.24, 2.45) is 0 Å². The summed E-state index contributed by atoms with van der Waals surface area (Å²) >= 11 is 1.47. The Labute approximate surface area is 151 Å². The number of hydrogen-bond acceptors (Lipinski definition) is 4. The van der Waals surface area contributed by atoms with E-state index in [9.17, 15) is 4.79 Å². The van der Waals surface area contributed by atoms with E-state index in [0.717, 1.165) is 39.2 Å². The summed E-state index contributed by atoms with van der Waals surface area (Å²) in [5, 5.41) is 0.923. The summed E-state index contributed by atoms with van der Waals surface area (Å²) in [6.45, 7) is 7.15. The van der Waals surface area contributed by atoms with Gasteiger partial charge in [-0.25, -0.2) is 9.97 Å². The van der Waals surface area contributed by atoms with E-state index >= 15 is 0 Å². The lowest BCUT2D eigenvalue weighted by Crippen LogP contribution is -2.41. The molecule has 6 heteroatoms. The van der Waals surface area contributed by atoms with Crippen molar-refractivity contribution in [1.82, 2.24) is 19.4 Å². The third-order valence-corrected chi connectivity index (χ3v) is 5.79. The molecule has 1 amide bonds. The first-order chi connectivity index (χ1) is 12.0. The molecule has 0 aliphatic carbocycles. The monoisotopic (exact) mass is 352 g/mol. The van der Waals surface area contributed by atoms with Crippen molar-refractivity contribution in [2.75, 3.05) is 0 Å². The number of imidazole rings is 1. The van der Waals surface area contributed by atoms with Crippen LogP contribution in [-0.2, 0) is 13.1 Å². The van der Waals surface area contributed by atoms with Gasteiger partial charge < -0.3 is 9.47 Å². The number of hydrogen-bond donors (Lipinski definition) is 0. The first kappa shape index (κ1) is 16.0. The van der Waals surface area contributed by atoms with E-state index < -0.39 is 0 Å². The Balaban J connectivity index is 1.77. The van der Waals surface area contributed by atoms with Crippen LogP contribution in [0.1, 0.15) is 43.5 Å². The van der Waals surface area contributed by atoms with Crippen LogP contribution < -0.4 is 0 Å². The second kappa shape index (κ2) is 6.11. The molecule has 1 aliphatic rings. The van der Waals surface area contributed by atoms with Crippen molar-refractivity contribution in [3.63, 3.8) is 0 Å². The zero-order valence-electron chi connectivity index (χ0n) is 14.6. The number of nitrogens with zero attached hydrogens (tertiary/aromatic N) is 4. The second-order valence-corrected chi connectivity index (χ2v) is 7.64. The molecule has 1 atom stereocenters. The molecule has 5 nitrogen and oxygen atoms in total. The Morgan fingerprint density at radius 1 is 1.20 bits per heavy atom. The normalized spacial score (nSPS) is 16.8. The fourth-order valence-electron chi connectivity index (χ4n) is 3.45. The molecule has 0 saturated heterocycles. The number of carbonyl (C=O) groups excluding carboxylic acids is 1. The van der Waals surface area contributed by atoms with Crippen LogP contribution in [-0.4, -0.2) is 25.3 Å². The molecule has 1 aromatic carbocycles. The van der Waals surface area contributed by atoms with E-state index in [1.165, 1.54) is 11.3 Å². The molecule has 3 heterocycles. The number of aromatic nitrogens is 3. The topological polar surface area (TPSA) is 51.0 Å². The molecule has 0 saturated carbocycles. The van der Waals surface area contributed by atoms with Crippen LogP contribution in [0.4, 0.5) is 0 Å². The van der Waals surface area contributed by atoms with E-state index in [4.69, 9.17) is 0 Å². The minimum absolute atomic E-state index is 0.00379. The lowest BCUT2D eigenvalue weighted by atomic mass is 10.0. The van der Waals surface area contributed by atoms with Crippen molar-refractivity contribution in [3.8, 4) is 0 Å². The zero-order chi connectivity index (χ0) is 17.6. The fraction of sp³-hybridized carbons (Fsp3) is 0.316. The second-order valence-electron chi connectivity index (χ2n) is 6.43. The average molecular weight is 352 g/mol. The summed E-state index contributed by atoms with van der Waals surface area (Å²) in [6, 6.07) is 10.2. The first-order valence-electron chi connectivity index (χ1n) is 8.35. The van der Waals surface area contributed by atoms with E-state index in [2.05, 4.69) is 33.6 Å². The molecule has 128 valence electrons. The Morgan fingerprint density at radius 3 is 2.64 bits per heavy atom. The van der Waals surface area contributed by atoms with Crippen molar-refractivity contribution < 1.29 is 4.79 Å². The molecule has 0 bridgehead atoms. The predicted octanol–water partition coefficient (Wildman–Crippen LogP) is 3.66. The van der Waals surface area contributed by atoms with E-state index in [-0.39, 0.29) is 11.9 Å². The van der Waals surface area contributed by atoms with E-state index in [1.807, 2.05) is 43.1 Å². The third-order valence-electron chi connectivity index (χ3n) is 4.72. The van der Waals surface area contributed by atoms with Crippen LogP contribution in [0.2, 0.25) is 0 Å². The predicted molar refractivity (Wildman–Crippen MR) is 97.6 cm³/mol. The van der Waals surface area contributed by atoms with Gasteiger partial charge in [-0.2, -0.15) is 0 Å². The maximum Gasteiger partial charge on any atom is 0.266 e. The largest absolute Gasteiger partial charge is 0.328 e. The summed E-state index contributed by atoms with van der Waals surface area (Å²) in [4.78, 5) is 24.9. The van der Waals surface area contributed by atoms with Gasteiger partial charge in [-0.3, -0.25) is 4.79 Å². The van der Waals surface area contributed by atoms with Crippen LogP contribution in [0.25, 0.3) is 0 Å². The number of benzene rings is 1. The van der Waals surface area contributed by atoms with Crippen LogP contribution >= 0.6 is 11.3 Å². The van der Waals surface area contributed by atoms with Gasteiger partial charge in [-0.1, -0.05) is 30.3 Å². The molecule has 0 spiro atoms. The molecular weight excluding hydrogens is 332 g/mol. The van der Waals surface area contributed by atoms with Crippen LogP contribution in [0.15, 0.2) is 36.5 Å². The highest BCUT2D eigenvalue weighted by Gasteiger charge is 2.34. The average Bonchev–Trinajstić information content (AvgIpc) is 3.15. The highest BCUT2D eigenvalue weighted by atomic mass is 32.1. The maximum atomic E-state index is 13.3. The fourth-order valence-corrected chi connectivity index (χ4v) is 4.33. The van der Waals surface area contributed by atoms with Crippen LogP contribution in [0.5, 0.6) is 0 Å².